The van der Waals surface area contributed by atoms with E-state index in [1.807, 2.05) is 6.92 Å². The molecule has 0 radical (unpaired) electrons. The molecule has 1 amide bonds. The van der Waals surface area contributed by atoms with Crippen molar-refractivity contribution < 1.29 is 9.18 Å². The minimum absolute atomic E-state index is 0.133. The summed E-state index contributed by atoms with van der Waals surface area (Å²) in [6, 6.07) is 13.0. The molecule has 0 fully saturated rings. The molecule has 0 atom stereocenters. The third-order valence-corrected chi connectivity index (χ3v) is 5.36. The van der Waals surface area contributed by atoms with Gasteiger partial charge in [0.15, 0.2) is 0 Å². The lowest BCUT2D eigenvalue weighted by atomic mass is 10.2. The number of hydrogen-bond donors (Lipinski definition) is 1. The molecule has 0 spiro atoms. The zero-order chi connectivity index (χ0) is 20.4. The third-order valence-electron chi connectivity index (χ3n) is 4.17. The maximum atomic E-state index is 13.3. The lowest BCUT2D eigenvalue weighted by Gasteiger charge is -2.09. The van der Waals surface area contributed by atoms with Crippen molar-refractivity contribution in [2.75, 3.05) is 11.1 Å². The monoisotopic (exact) mass is 427 g/mol. The molecule has 4 rings (SSSR count). The molecule has 146 valence electrons. The van der Waals surface area contributed by atoms with E-state index < -0.39 is 0 Å². The van der Waals surface area contributed by atoms with Crippen LogP contribution in [0.25, 0.3) is 16.6 Å². The Balaban J connectivity index is 1.60. The van der Waals surface area contributed by atoms with Gasteiger partial charge in [-0.3, -0.25) is 4.79 Å². The number of benzene rings is 2. The second-order valence-corrected chi connectivity index (χ2v) is 7.63. The van der Waals surface area contributed by atoms with Gasteiger partial charge in [0.25, 0.3) is 0 Å². The van der Waals surface area contributed by atoms with Crippen LogP contribution in [0, 0.1) is 12.7 Å². The molecule has 4 aromatic rings. The molecule has 2 aromatic carbocycles. The summed E-state index contributed by atoms with van der Waals surface area (Å²) in [6.45, 7) is 1.84. The molecule has 0 bridgehead atoms. The zero-order valence-electron chi connectivity index (χ0n) is 15.3. The van der Waals surface area contributed by atoms with Gasteiger partial charge in [-0.15, -0.1) is 5.10 Å². The number of carbonyl (C=O) groups excluding carboxylic acids is 1. The molecule has 6 nitrogen and oxygen atoms in total. The predicted octanol–water partition coefficient (Wildman–Crippen LogP) is 4.65. The van der Waals surface area contributed by atoms with Crippen molar-refractivity contribution in [1.82, 2.24) is 20.0 Å². The molecule has 0 saturated heterocycles. The first kappa shape index (κ1) is 19.4. The van der Waals surface area contributed by atoms with Crippen molar-refractivity contribution in [3.8, 4) is 5.69 Å². The first-order valence-electron chi connectivity index (χ1n) is 8.66. The summed E-state index contributed by atoms with van der Waals surface area (Å²) in [5.41, 5.74) is 2.77. The Kier molecular flexibility index (Phi) is 5.46. The number of anilines is 1. The molecular formula is C20H15ClFN5OS. The predicted molar refractivity (Wildman–Crippen MR) is 112 cm³/mol. The summed E-state index contributed by atoms with van der Waals surface area (Å²) >= 11 is 7.20. The fourth-order valence-electron chi connectivity index (χ4n) is 2.81. The number of halogens is 2. The van der Waals surface area contributed by atoms with E-state index in [1.54, 1.807) is 47.3 Å². The van der Waals surface area contributed by atoms with Gasteiger partial charge >= 0.3 is 0 Å². The van der Waals surface area contributed by atoms with Crippen molar-refractivity contribution in [2.45, 2.75) is 11.9 Å². The van der Waals surface area contributed by atoms with E-state index in [0.29, 0.717) is 21.4 Å². The van der Waals surface area contributed by atoms with Crippen LogP contribution in [0.15, 0.2) is 59.8 Å². The number of thioether (sulfide) groups is 1. The van der Waals surface area contributed by atoms with Gasteiger partial charge in [-0.05, 0) is 49.4 Å². The smallest absolute Gasteiger partial charge is 0.234 e. The fraction of sp³-hybridized carbons (Fsp3) is 0.100. The average Bonchev–Trinajstić information content (AvgIpc) is 3.14. The van der Waals surface area contributed by atoms with Gasteiger partial charge in [-0.1, -0.05) is 29.4 Å². The number of rotatable bonds is 5. The Labute approximate surface area is 175 Å². The molecular weight excluding hydrogens is 413 g/mol. The molecule has 0 saturated carbocycles. The zero-order valence-corrected chi connectivity index (χ0v) is 16.8. The van der Waals surface area contributed by atoms with Crippen LogP contribution in [-0.2, 0) is 4.79 Å². The maximum absolute atomic E-state index is 13.3. The number of fused-ring (bicyclic) bond motifs is 1. The SMILES string of the molecule is Cc1nnc(SCC(=O)Nc2cccc(Cl)c2)c2c1cnn2-c1ccc(F)cc1. The highest BCUT2D eigenvalue weighted by Crippen LogP contribution is 2.29. The summed E-state index contributed by atoms with van der Waals surface area (Å²) < 4.78 is 15.0. The molecule has 2 aromatic heterocycles. The Morgan fingerprint density at radius 2 is 2.00 bits per heavy atom. The molecule has 0 aliphatic rings. The minimum atomic E-state index is -0.325. The van der Waals surface area contributed by atoms with E-state index in [9.17, 15) is 9.18 Å². The maximum Gasteiger partial charge on any atom is 0.234 e. The number of hydrogen-bond acceptors (Lipinski definition) is 5. The highest BCUT2D eigenvalue weighted by molar-refractivity contribution is 8.00. The molecule has 0 aliphatic heterocycles. The molecule has 1 N–H and O–H groups in total. The quantitative estimate of drug-likeness (QED) is 0.469. The summed E-state index contributed by atoms with van der Waals surface area (Å²) in [4.78, 5) is 12.3. The van der Waals surface area contributed by atoms with Crippen LogP contribution in [0.2, 0.25) is 5.02 Å². The summed E-state index contributed by atoms with van der Waals surface area (Å²) in [5, 5.41) is 17.6. The van der Waals surface area contributed by atoms with Crippen LogP contribution in [0.3, 0.4) is 0 Å². The van der Waals surface area contributed by atoms with Crippen LogP contribution in [0.4, 0.5) is 10.1 Å². The van der Waals surface area contributed by atoms with Gasteiger partial charge in [-0.2, -0.15) is 10.2 Å². The molecule has 2 heterocycles. The molecule has 0 aliphatic carbocycles. The van der Waals surface area contributed by atoms with Crippen molar-refractivity contribution in [3.05, 3.63) is 71.3 Å². The Morgan fingerprint density at radius 3 is 2.76 bits per heavy atom. The van der Waals surface area contributed by atoms with Crippen molar-refractivity contribution in [2.24, 2.45) is 0 Å². The van der Waals surface area contributed by atoms with Crippen molar-refractivity contribution in [3.63, 3.8) is 0 Å². The lowest BCUT2D eigenvalue weighted by Crippen LogP contribution is -2.14. The van der Waals surface area contributed by atoms with Gasteiger partial charge < -0.3 is 5.32 Å². The molecule has 9 heteroatoms. The second kappa shape index (κ2) is 8.18. The standard InChI is InChI=1S/C20H15ClFN5OS/c1-12-17-10-23-27(16-7-5-14(22)6-8-16)19(17)20(26-25-12)29-11-18(28)24-15-4-2-3-13(21)9-15/h2-10H,11H2,1H3,(H,24,28). The number of nitrogens with zero attached hydrogens (tertiary/aromatic N) is 4. The summed E-state index contributed by atoms with van der Waals surface area (Å²) in [5.74, 6) is -0.386. The number of aromatic nitrogens is 4. The van der Waals surface area contributed by atoms with E-state index in [1.165, 1.54) is 23.9 Å². The van der Waals surface area contributed by atoms with E-state index in [4.69, 9.17) is 11.6 Å². The van der Waals surface area contributed by atoms with E-state index in [2.05, 4.69) is 20.6 Å². The Morgan fingerprint density at radius 1 is 1.21 bits per heavy atom. The highest BCUT2D eigenvalue weighted by Gasteiger charge is 2.16. The Bertz CT molecular complexity index is 1200. The number of aryl methyl sites for hydroxylation is 1. The lowest BCUT2D eigenvalue weighted by molar-refractivity contribution is -0.113. The number of amides is 1. The largest absolute Gasteiger partial charge is 0.325 e. The van der Waals surface area contributed by atoms with Crippen LogP contribution in [-0.4, -0.2) is 31.6 Å². The van der Waals surface area contributed by atoms with E-state index in [-0.39, 0.29) is 17.5 Å². The molecule has 0 unspecified atom stereocenters. The number of nitrogens with one attached hydrogen (secondary N) is 1. The van der Waals surface area contributed by atoms with E-state index >= 15 is 0 Å². The highest BCUT2D eigenvalue weighted by atomic mass is 35.5. The topological polar surface area (TPSA) is 72.7 Å². The fourth-order valence-corrected chi connectivity index (χ4v) is 3.78. The third kappa shape index (κ3) is 4.23. The van der Waals surface area contributed by atoms with E-state index in [0.717, 1.165) is 16.6 Å². The van der Waals surface area contributed by atoms with Gasteiger partial charge in [0.2, 0.25) is 5.91 Å². The summed E-state index contributed by atoms with van der Waals surface area (Å²) in [6.07, 6.45) is 1.69. The minimum Gasteiger partial charge on any atom is -0.325 e. The van der Waals surface area contributed by atoms with Crippen molar-refractivity contribution in [1.29, 1.82) is 0 Å². The van der Waals surface area contributed by atoms with Gasteiger partial charge in [0.1, 0.15) is 16.4 Å². The first-order valence-corrected chi connectivity index (χ1v) is 10.0. The van der Waals surface area contributed by atoms with Crippen LogP contribution in [0.1, 0.15) is 5.69 Å². The van der Waals surface area contributed by atoms with Gasteiger partial charge in [-0.25, -0.2) is 9.07 Å². The van der Waals surface area contributed by atoms with Crippen molar-refractivity contribution >= 4 is 45.9 Å². The van der Waals surface area contributed by atoms with Gasteiger partial charge in [0.05, 0.1) is 23.3 Å². The second-order valence-electron chi connectivity index (χ2n) is 6.23. The van der Waals surface area contributed by atoms with Crippen LogP contribution in [0.5, 0.6) is 0 Å². The Hall–Kier alpha value is -2.97. The van der Waals surface area contributed by atoms with Gasteiger partial charge in [0, 0.05) is 16.1 Å². The average molecular weight is 428 g/mol. The van der Waals surface area contributed by atoms with Crippen LogP contribution >= 0.6 is 23.4 Å². The summed E-state index contributed by atoms with van der Waals surface area (Å²) in [7, 11) is 0. The number of carbonyl (C=O) groups is 1. The normalized spacial score (nSPS) is 11.0. The first-order chi connectivity index (χ1) is 14.0. The molecule has 29 heavy (non-hydrogen) atoms. The van der Waals surface area contributed by atoms with Crippen LogP contribution < -0.4 is 5.32 Å².